The van der Waals surface area contributed by atoms with Crippen LogP contribution in [0.4, 0.5) is 0 Å². The van der Waals surface area contributed by atoms with E-state index in [1.807, 2.05) is 36.4 Å². The molecule has 0 amide bonds. The topological polar surface area (TPSA) is 26.3 Å². The second-order valence-corrected chi connectivity index (χ2v) is 5.31. The molecule has 0 spiro atoms. The second kappa shape index (κ2) is 7.63. The molecule has 2 aromatic rings. The first-order valence-electron chi connectivity index (χ1n) is 7.50. The van der Waals surface area contributed by atoms with Crippen molar-refractivity contribution in [3.05, 3.63) is 65.2 Å². The number of carbonyl (C=O) groups is 1. The van der Waals surface area contributed by atoms with Crippen molar-refractivity contribution < 1.29 is 9.53 Å². The Labute approximate surface area is 126 Å². The molecule has 0 aliphatic heterocycles. The zero-order chi connectivity index (χ0) is 15.1. The summed E-state index contributed by atoms with van der Waals surface area (Å²) >= 11 is 0. The monoisotopic (exact) mass is 282 g/mol. The summed E-state index contributed by atoms with van der Waals surface area (Å²) in [5.74, 6) is 1.28. The first-order valence-corrected chi connectivity index (χ1v) is 7.50. The average Bonchev–Trinajstić information content (AvgIpc) is 2.55. The molecule has 2 aromatic carbocycles. The van der Waals surface area contributed by atoms with Gasteiger partial charge in [0.2, 0.25) is 0 Å². The lowest BCUT2D eigenvalue weighted by Crippen LogP contribution is -2.05. The standard InChI is InChI=1S/C19H22O2/c1-3-15(2)18-13-17(14-20)9-10-19(18)21-12-11-16-7-5-4-6-8-16/h4-10,13-15H,3,11-12H2,1-2H3. The Morgan fingerprint density at radius 3 is 2.57 bits per heavy atom. The number of rotatable bonds is 7. The maximum absolute atomic E-state index is 10.9. The molecule has 0 heterocycles. The molecule has 110 valence electrons. The van der Waals surface area contributed by atoms with Crippen molar-refractivity contribution in [1.82, 2.24) is 0 Å². The van der Waals surface area contributed by atoms with Gasteiger partial charge in [-0.05, 0) is 41.7 Å². The normalized spacial score (nSPS) is 11.9. The van der Waals surface area contributed by atoms with E-state index in [0.29, 0.717) is 18.1 Å². The Kier molecular flexibility index (Phi) is 5.56. The van der Waals surface area contributed by atoms with Gasteiger partial charge in [-0.2, -0.15) is 0 Å². The van der Waals surface area contributed by atoms with Gasteiger partial charge in [-0.1, -0.05) is 44.2 Å². The summed E-state index contributed by atoms with van der Waals surface area (Å²) in [6, 6.07) is 16.0. The third kappa shape index (κ3) is 4.19. The lowest BCUT2D eigenvalue weighted by Gasteiger charge is -2.16. The maximum atomic E-state index is 10.9. The lowest BCUT2D eigenvalue weighted by molar-refractivity contribution is 0.112. The van der Waals surface area contributed by atoms with E-state index in [2.05, 4.69) is 26.0 Å². The van der Waals surface area contributed by atoms with E-state index >= 15 is 0 Å². The van der Waals surface area contributed by atoms with E-state index in [-0.39, 0.29) is 0 Å². The predicted molar refractivity (Wildman–Crippen MR) is 86.2 cm³/mol. The fourth-order valence-corrected chi connectivity index (χ4v) is 2.30. The molecule has 2 nitrogen and oxygen atoms in total. The number of hydrogen-bond donors (Lipinski definition) is 0. The van der Waals surface area contributed by atoms with Crippen LogP contribution in [0.15, 0.2) is 48.5 Å². The van der Waals surface area contributed by atoms with Crippen LogP contribution in [0, 0.1) is 0 Å². The van der Waals surface area contributed by atoms with E-state index in [4.69, 9.17) is 4.74 Å². The molecule has 1 atom stereocenters. The molecule has 0 radical (unpaired) electrons. The van der Waals surface area contributed by atoms with Gasteiger partial charge in [-0.15, -0.1) is 0 Å². The van der Waals surface area contributed by atoms with E-state index in [1.54, 1.807) is 0 Å². The van der Waals surface area contributed by atoms with Crippen LogP contribution in [-0.4, -0.2) is 12.9 Å². The summed E-state index contributed by atoms with van der Waals surface area (Å²) in [7, 11) is 0. The second-order valence-electron chi connectivity index (χ2n) is 5.31. The van der Waals surface area contributed by atoms with Crippen LogP contribution >= 0.6 is 0 Å². The van der Waals surface area contributed by atoms with E-state index < -0.39 is 0 Å². The quantitative estimate of drug-likeness (QED) is 0.692. The van der Waals surface area contributed by atoms with Gasteiger partial charge < -0.3 is 4.74 Å². The van der Waals surface area contributed by atoms with Crippen LogP contribution in [0.3, 0.4) is 0 Å². The lowest BCUT2D eigenvalue weighted by atomic mass is 9.96. The minimum atomic E-state index is 0.386. The summed E-state index contributed by atoms with van der Waals surface area (Å²) in [5, 5.41) is 0. The third-order valence-corrected chi connectivity index (χ3v) is 3.80. The van der Waals surface area contributed by atoms with Crippen molar-refractivity contribution in [2.24, 2.45) is 0 Å². The first-order chi connectivity index (χ1) is 10.2. The van der Waals surface area contributed by atoms with Crippen LogP contribution in [0.2, 0.25) is 0 Å². The highest BCUT2D eigenvalue weighted by atomic mass is 16.5. The summed E-state index contributed by atoms with van der Waals surface area (Å²) in [6.45, 7) is 4.95. The van der Waals surface area contributed by atoms with Gasteiger partial charge in [0.25, 0.3) is 0 Å². The van der Waals surface area contributed by atoms with Gasteiger partial charge in [0, 0.05) is 12.0 Å². The highest BCUT2D eigenvalue weighted by Crippen LogP contribution is 2.29. The number of benzene rings is 2. The maximum Gasteiger partial charge on any atom is 0.150 e. The van der Waals surface area contributed by atoms with Crippen LogP contribution in [0.25, 0.3) is 0 Å². The number of ether oxygens (including phenoxy) is 1. The summed E-state index contributed by atoms with van der Waals surface area (Å²) in [6.07, 6.45) is 2.80. The summed E-state index contributed by atoms with van der Waals surface area (Å²) in [4.78, 5) is 10.9. The van der Waals surface area contributed by atoms with Gasteiger partial charge in [-0.3, -0.25) is 4.79 Å². The SMILES string of the molecule is CCC(C)c1cc(C=O)ccc1OCCc1ccccc1. The highest BCUT2D eigenvalue weighted by molar-refractivity contribution is 5.75. The van der Waals surface area contributed by atoms with Crippen molar-refractivity contribution in [3.8, 4) is 5.75 Å². The van der Waals surface area contributed by atoms with Crippen molar-refractivity contribution in [2.75, 3.05) is 6.61 Å². The Balaban J connectivity index is 2.06. The molecule has 0 aromatic heterocycles. The van der Waals surface area contributed by atoms with Crippen molar-refractivity contribution >= 4 is 6.29 Å². The van der Waals surface area contributed by atoms with E-state index in [1.165, 1.54) is 5.56 Å². The molecule has 0 saturated heterocycles. The van der Waals surface area contributed by atoms with Crippen LogP contribution in [0.5, 0.6) is 5.75 Å². The van der Waals surface area contributed by atoms with E-state index in [0.717, 1.165) is 30.4 Å². The number of carbonyl (C=O) groups excluding carboxylic acids is 1. The van der Waals surface area contributed by atoms with Crippen LogP contribution in [0.1, 0.15) is 47.7 Å². The number of aldehydes is 1. The molecule has 2 rings (SSSR count). The highest BCUT2D eigenvalue weighted by Gasteiger charge is 2.11. The van der Waals surface area contributed by atoms with Gasteiger partial charge in [-0.25, -0.2) is 0 Å². The van der Waals surface area contributed by atoms with Crippen molar-refractivity contribution in [2.45, 2.75) is 32.6 Å². The molecular weight excluding hydrogens is 260 g/mol. The minimum absolute atomic E-state index is 0.386. The van der Waals surface area contributed by atoms with E-state index in [9.17, 15) is 4.79 Å². The van der Waals surface area contributed by atoms with Crippen LogP contribution in [-0.2, 0) is 6.42 Å². The molecule has 0 saturated carbocycles. The molecule has 0 aliphatic carbocycles. The van der Waals surface area contributed by atoms with Gasteiger partial charge in [0.15, 0.2) is 0 Å². The van der Waals surface area contributed by atoms with Gasteiger partial charge >= 0.3 is 0 Å². The molecular formula is C19H22O2. The molecule has 0 bridgehead atoms. The third-order valence-electron chi connectivity index (χ3n) is 3.80. The fraction of sp³-hybridized carbons (Fsp3) is 0.316. The van der Waals surface area contributed by atoms with Gasteiger partial charge in [0.1, 0.15) is 12.0 Å². The molecule has 0 N–H and O–H groups in total. The Morgan fingerprint density at radius 2 is 1.90 bits per heavy atom. The zero-order valence-electron chi connectivity index (χ0n) is 12.7. The van der Waals surface area contributed by atoms with Crippen LogP contribution < -0.4 is 4.74 Å². The largest absolute Gasteiger partial charge is 0.493 e. The summed E-state index contributed by atoms with van der Waals surface area (Å²) in [5.41, 5.74) is 3.10. The minimum Gasteiger partial charge on any atom is -0.493 e. The molecule has 0 aliphatic rings. The number of hydrogen-bond acceptors (Lipinski definition) is 2. The van der Waals surface area contributed by atoms with Gasteiger partial charge in [0.05, 0.1) is 6.61 Å². The van der Waals surface area contributed by atoms with Crippen molar-refractivity contribution in [3.63, 3.8) is 0 Å². The molecule has 2 heteroatoms. The fourth-order valence-electron chi connectivity index (χ4n) is 2.30. The Bertz CT molecular complexity index is 575. The molecule has 21 heavy (non-hydrogen) atoms. The predicted octanol–water partition coefficient (Wildman–Crippen LogP) is 4.63. The van der Waals surface area contributed by atoms with Crippen molar-refractivity contribution in [1.29, 1.82) is 0 Å². The Hall–Kier alpha value is -2.09. The molecule has 0 fully saturated rings. The smallest absolute Gasteiger partial charge is 0.150 e. The zero-order valence-corrected chi connectivity index (χ0v) is 12.7. The Morgan fingerprint density at radius 1 is 1.14 bits per heavy atom. The summed E-state index contributed by atoms with van der Waals surface area (Å²) < 4.78 is 5.95. The first kappa shape index (κ1) is 15.3. The average molecular weight is 282 g/mol. The molecule has 1 unspecified atom stereocenters.